The molecule has 6 heteroatoms. The largest absolute Gasteiger partial charge is 0.488 e. The second-order valence-electron chi connectivity index (χ2n) is 8.15. The Hall–Kier alpha value is -2.34. The highest BCUT2D eigenvalue weighted by molar-refractivity contribution is 5.99. The van der Waals surface area contributed by atoms with Gasteiger partial charge in [0.05, 0.1) is 18.1 Å². The molecule has 2 atom stereocenters. The molecule has 156 valence electrons. The minimum absolute atomic E-state index is 0.0215. The molecule has 1 aromatic rings. The molecule has 0 spiro atoms. The predicted octanol–water partition coefficient (Wildman–Crippen LogP) is 2.59. The summed E-state index contributed by atoms with van der Waals surface area (Å²) in [5.74, 6) is 0.854. The lowest BCUT2D eigenvalue weighted by Gasteiger charge is -2.28. The molecule has 1 aromatic carbocycles. The lowest BCUT2D eigenvalue weighted by Crippen LogP contribution is -2.41. The zero-order valence-corrected chi connectivity index (χ0v) is 17.1. The van der Waals surface area contributed by atoms with Crippen LogP contribution < -0.4 is 4.74 Å². The minimum atomic E-state index is -0.126. The normalized spacial score (nSPS) is 23.0. The molecule has 29 heavy (non-hydrogen) atoms. The van der Waals surface area contributed by atoms with Crippen LogP contribution in [-0.2, 0) is 14.3 Å². The first-order valence-electron chi connectivity index (χ1n) is 10.8. The fraction of sp³-hybridized carbons (Fsp3) is 0.565. The van der Waals surface area contributed by atoms with Crippen molar-refractivity contribution in [2.45, 2.75) is 26.2 Å². The van der Waals surface area contributed by atoms with E-state index in [9.17, 15) is 9.59 Å². The number of fused-ring (bicyclic) bond motifs is 1. The first kappa shape index (κ1) is 20.0. The Kier molecular flexibility index (Phi) is 6.19. The number of hydrogen-bond donors (Lipinski definition) is 0. The van der Waals surface area contributed by atoms with E-state index < -0.39 is 0 Å². The van der Waals surface area contributed by atoms with Gasteiger partial charge in [0.1, 0.15) is 12.4 Å². The summed E-state index contributed by atoms with van der Waals surface area (Å²) in [6.45, 7) is 6.92. The number of carbonyl (C=O) groups excluding carboxylic acids is 2. The molecule has 0 radical (unpaired) electrons. The Balaban J connectivity index is 1.43. The third kappa shape index (κ3) is 4.81. The molecule has 2 aliphatic heterocycles. The Bertz CT molecular complexity index is 785. The number of nitrogens with zero attached hydrogens (tertiary/aromatic N) is 2. The van der Waals surface area contributed by atoms with Crippen molar-refractivity contribution < 1.29 is 19.1 Å². The molecule has 1 aliphatic carbocycles. The van der Waals surface area contributed by atoms with Gasteiger partial charge in [-0.2, -0.15) is 0 Å². The summed E-state index contributed by atoms with van der Waals surface area (Å²) in [5, 5.41) is 0. The SMILES string of the molecule is CCOC(=O)[C@H]1C[C@@H]1CN(CCN1CCCC1)C(=O)C1=Cc2ccccc2OC1. The van der Waals surface area contributed by atoms with Crippen LogP contribution in [0.25, 0.3) is 6.08 Å². The first-order chi connectivity index (χ1) is 14.2. The third-order valence-corrected chi connectivity index (χ3v) is 6.05. The van der Waals surface area contributed by atoms with Gasteiger partial charge in [-0.15, -0.1) is 0 Å². The Labute approximate surface area is 172 Å². The number of ether oxygens (including phenoxy) is 2. The average molecular weight is 399 g/mol. The minimum Gasteiger partial charge on any atom is -0.488 e. The van der Waals surface area contributed by atoms with Crippen molar-refractivity contribution in [2.24, 2.45) is 11.8 Å². The molecule has 0 unspecified atom stereocenters. The van der Waals surface area contributed by atoms with Gasteiger partial charge in [-0.3, -0.25) is 9.59 Å². The lowest BCUT2D eigenvalue weighted by atomic mass is 10.1. The van der Waals surface area contributed by atoms with Crippen LogP contribution in [0.2, 0.25) is 0 Å². The molecule has 6 nitrogen and oxygen atoms in total. The number of hydrogen-bond acceptors (Lipinski definition) is 5. The van der Waals surface area contributed by atoms with E-state index in [1.807, 2.05) is 42.2 Å². The molecular formula is C23H30N2O4. The summed E-state index contributed by atoms with van der Waals surface area (Å²) < 4.78 is 10.9. The molecule has 2 fully saturated rings. The monoisotopic (exact) mass is 398 g/mol. The van der Waals surface area contributed by atoms with Gasteiger partial charge in [0.25, 0.3) is 5.91 Å². The number of rotatable bonds is 8. The topological polar surface area (TPSA) is 59.1 Å². The number of likely N-dealkylation sites (tertiary alicyclic amines) is 1. The molecule has 1 amide bonds. The van der Waals surface area contributed by atoms with Crippen LogP contribution in [0, 0.1) is 11.8 Å². The fourth-order valence-corrected chi connectivity index (χ4v) is 4.26. The maximum atomic E-state index is 13.3. The van der Waals surface area contributed by atoms with E-state index in [2.05, 4.69) is 4.90 Å². The number of para-hydroxylation sites is 1. The fourth-order valence-electron chi connectivity index (χ4n) is 4.26. The van der Waals surface area contributed by atoms with Gasteiger partial charge in [0.2, 0.25) is 0 Å². The van der Waals surface area contributed by atoms with E-state index in [1.54, 1.807) is 0 Å². The standard InChI is InChI=1S/C23H30N2O4/c1-2-28-23(27)20-14-18(20)15-25(12-11-24-9-5-6-10-24)22(26)19-13-17-7-3-4-8-21(17)29-16-19/h3-4,7-8,13,18,20H,2,5-6,9-12,14-16H2,1H3/t18-,20+/m1/s1. The number of benzene rings is 1. The van der Waals surface area contributed by atoms with Gasteiger partial charge < -0.3 is 19.3 Å². The second kappa shape index (κ2) is 8.99. The van der Waals surface area contributed by atoms with Gasteiger partial charge >= 0.3 is 5.97 Å². The van der Waals surface area contributed by atoms with Crippen molar-refractivity contribution >= 4 is 18.0 Å². The average Bonchev–Trinajstić information content (AvgIpc) is 3.32. The lowest BCUT2D eigenvalue weighted by molar-refractivity contribution is -0.145. The third-order valence-electron chi connectivity index (χ3n) is 6.05. The summed E-state index contributed by atoms with van der Waals surface area (Å²) >= 11 is 0. The van der Waals surface area contributed by atoms with Gasteiger partial charge in [-0.25, -0.2) is 0 Å². The van der Waals surface area contributed by atoms with Crippen molar-refractivity contribution in [3.05, 3.63) is 35.4 Å². The molecule has 0 bridgehead atoms. The Morgan fingerprint density at radius 3 is 2.83 bits per heavy atom. The van der Waals surface area contributed by atoms with Gasteiger partial charge in [0, 0.05) is 25.2 Å². The summed E-state index contributed by atoms with van der Waals surface area (Å²) in [6, 6.07) is 7.77. The maximum absolute atomic E-state index is 13.3. The van der Waals surface area contributed by atoms with E-state index in [1.165, 1.54) is 12.8 Å². The van der Waals surface area contributed by atoms with Crippen LogP contribution in [0.3, 0.4) is 0 Å². The van der Waals surface area contributed by atoms with E-state index >= 15 is 0 Å². The highest BCUT2D eigenvalue weighted by Crippen LogP contribution is 2.40. The first-order valence-corrected chi connectivity index (χ1v) is 10.8. The molecule has 2 heterocycles. The number of esters is 1. The summed E-state index contributed by atoms with van der Waals surface area (Å²) in [6.07, 6.45) is 5.22. The highest BCUT2D eigenvalue weighted by atomic mass is 16.5. The van der Waals surface area contributed by atoms with Gasteiger partial charge in [0.15, 0.2) is 0 Å². The Morgan fingerprint density at radius 1 is 1.24 bits per heavy atom. The second-order valence-corrected chi connectivity index (χ2v) is 8.15. The summed E-state index contributed by atoms with van der Waals surface area (Å²) in [4.78, 5) is 29.7. The number of amides is 1. The number of carbonyl (C=O) groups is 2. The van der Waals surface area contributed by atoms with E-state index in [0.717, 1.165) is 37.4 Å². The van der Waals surface area contributed by atoms with Crippen LogP contribution >= 0.6 is 0 Å². The highest BCUT2D eigenvalue weighted by Gasteiger charge is 2.45. The van der Waals surface area contributed by atoms with Crippen LogP contribution in [0.5, 0.6) is 5.75 Å². The van der Waals surface area contributed by atoms with Crippen molar-refractivity contribution in [2.75, 3.05) is 45.9 Å². The molecule has 3 aliphatic rings. The zero-order chi connectivity index (χ0) is 20.2. The molecular weight excluding hydrogens is 368 g/mol. The van der Waals surface area contributed by atoms with Crippen molar-refractivity contribution in [3.63, 3.8) is 0 Å². The molecule has 1 saturated carbocycles. The smallest absolute Gasteiger partial charge is 0.309 e. The maximum Gasteiger partial charge on any atom is 0.309 e. The van der Waals surface area contributed by atoms with E-state index in [4.69, 9.17) is 9.47 Å². The summed E-state index contributed by atoms with van der Waals surface area (Å²) in [5.41, 5.74) is 1.62. The van der Waals surface area contributed by atoms with Gasteiger partial charge in [-0.05, 0) is 57.3 Å². The van der Waals surface area contributed by atoms with Crippen LogP contribution in [-0.4, -0.2) is 67.6 Å². The van der Waals surface area contributed by atoms with Gasteiger partial charge in [-0.1, -0.05) is 18.2 Å². The van der Waals surface area contributed by atoms with Crippen molar-refractivity contribution in [3.8, 4) is 5.75 Å². The van der Waals surface area contributed by atoms with E-state index in [0.29, 0.717) is 31.9 Å². The summed E-state index contributed by atoms with van der Waals surface area (Å²) in [7, 11) is 0. The predicted molar refractivity (Wildman–Crippen MR) is 110 cm³/mol. The Morgan fingerprint density at radius 2 is 2.03 bits per heavy atom. The molecule has 0 N–H and O–H groups in total. The van der Waals surface area contributed by atoms with Crippen LogP contribution in [0.4, 0.5) is 0 Å². The van der Waals surface area contributed by atoms with Crippen molar-refractivity contribution in [1.29, 1.82) is 0 Å². The molecule has 0 aromatic heterocycles. The van der Waals surface area contributed by atoms with Crippen molar-refractivity contribution in [1.82, 2.24) is 9.80 Å². The zero-order valence-electron chi connectivity index (χ0n) is 17.1. The van der Waals surface area contributed by atoms with E-state index in [-0.39, 0.29) is 23.7 Å². The van der Waals surface area contributed by atoms with Crippen LogP contribution in [0.15, 0.2) is 29.8 Å². The molecule has 4 rings (SSSR count). The molecule has 1 saturated heterocycles. The quantitative estimate of drug-likeness (QED) is 0.630. The van der Waals surface area contributed by atoms with Crippen LogP contribution in [0.1, 0.15) is 31.7 Å².